The largest absolute Gasteiger partial charge is 0.382 e. The molecule has 0 radical (unpaired) electrons. The molecule has 2 nitrogen and oxygen atoms in total. The van der Waals surface area contributed by atoms with Crippen molar-refractivity contribution in [3.05, 3.63) is 54.6 Å². The van der Waals surface area contributed by atoms with Gasteiger partial charge in [-0.05, 0) is 49.2 Å². The molecule has 148 valence electrons. The highest BCUT2D eigenvalue weighted by molar-refractivity contribution is 5.62. The van der Waals surface area contributed by atoms with E-state index in [-0.39, 0.29) is 0 Å². The Bertz CT molecular complexity index is 579. The van der Waals surface area contributed by atoms with Gasteiger partial charge in [0.25, 0.3) is 0 Å². The van der Waals surface area contributed by atoms with Gasteiger partial charge in [-0.3, -0.25) is 0 Å². The van der Waals surface area contributed by atoms with Gasteiger partial charge in [-0.1, -0.05) is 83.4 Å². The van der Waals surface area contributed by atoms with Crippen LogP contribution in [0.3, 0.4) is 0 Å². The van der Waals surface area contributed by atoms with Crippen LogP contribution in [0.2, 0.25) is 0 Å². The summed E-state index contributed by atoms with van der Waals surface area (Å²) in [6.45, 7) is 4.57. The molecule has 0 spiro atoms. The summed E-state index contributed by atoms with van der Waals surface area (Å²) in [7, 11) is 0. The van der Waals surface area contributed by atoms with Crippen molar-refractivity contribution in [2.75, 3.05) is 10.6 Å². The third-order valence-corrected chi connectivity index (χ3v) is 5.13. The average Bonchev–Trinajstić information content (AvgIpc) is 2.70. The number of unbranched alkanes of at least 4 members (excludes halogenated alkanes) is 6. The van der Waals surface area contributed by atoms with E-state index in [0.717, 1.165) is 11.4 Å². The summed E-state index contributed by atoms with van der Waals surface area (Å²) in [5.74, 6) is 0. The van der Waals surface area contributed by atoms with Crippen LogP contribution in [-0.4, -0.2) is 6.04 Å². The van der Waals surface area contributed by atoms with Gasteiger partial charge in [0.1, 0.15) is 0 Å². The van der Waals surface area contributed by atoms with Crippen LogP contribution in [0.1, 0.15) is 78.1 Å². The van der Waals surface area contributed by atoms with E-state index in [1.54, 1.807) is 0 Å². The molecule has 0 aliphatic heterocycles. The first-order valence-electron chi connectivity index (χ1n) is 11.0. The molecule has 0 heterocycles. The van der Waals surface area contributed by atoms with Crippen LogP contribution < -0.4 is 10.6 Å². The van der Waals surface area contributed by atoms with Gasteiger partial charge in [0, 0.05) is 23.1 Å². The van der Waals surface area contributed by atoms with Crippen LogP contribution in [0.4, 0.5) is 17.1 Å². The van der Waals surface area contributed by atoms with Crippen molar-refractivity contribution < 1.29 is 0 Å². The number of benzene rings is 2. The van der Waals surface area contributed by atoms with Crippen LogP contribution in [0.15, 0.2) is 54.6 Å². The number of para-hydroxylation sites is 1. The molecule has 0 bridgehead atoms. The quantitative estimate of drug-likeness (QED) is 0.330. The Morgan fingerprint density at radius 1 is 0.593 bits per heavy atom. The summed E-state index contributed by atoms with van der Waals surface area (Å²) >= 11 is 0. The van der Waals surface area contributed by atoms with E-state index >= 15 is 0 Å². The summed E-state index contributed by atoms with van der Waals surface area (Å²) in [6.07, 6.45) is 13.3. The molecule has 0 aliphatic carbocycles. The summed E-state index contributed by atoms with van der Waals surface area (Å²) < 4.78 is 0. The summed E-state index contributed by atoms with van der Waals surface area (Å²) in [5.41, 5.74) is 3.50. The molecule has 0 amide bonds. The first-order valence-corrected chi connectivity index (χ1v) is 11.0. The maximum absolute atomic E-state index is 3.80. The van der Waals surface area contributed by atoms with Gasteiger partial charge in [-0.25, -0.2) is 0 Å². The van der Waals surface area contributed by atoms with Crippen molar-refractivity contribution in [3.63, 3.8) is 0 Å². The van der Waals surface area contributed by atoms with Crippen molar-refractivity contribution in [2.24, 2.45) is 0 Å². The van der Waals surface area contributed by atoms with E-state index in [1.807, 2.05) is 6.07 Å². The molecule has 0 aliphatic rings. The minimum Gasteiger partial charge on any atom is -0.382 e. The lowest BCUT2D eigenvalue weighted by molar-refractivity contribution is 0.514. The molecule has 0 aromatic heterocycles. The number of anilines is 3. The molecule has 0 saturated carbocycles. The van der Waals surface area contributed by atoms with Crippen molar-refractivity contribution in [1.82, 2.24) is 0 Å². The summed E-state index contributed by atoms with van der Waals surface area (Å²) in [5, 5.41) is 7.25. The van der Waals surface area contributed by atoms with E-state index in [2.05, 4.69) is 73.0 Å². The lowest BCUT2D eigenvalue weighted by Crippen LogP contribution is -2.19. The monoisotopic (exact) mass is 366 g/mol. The second kappa shape index (κ2) is 13.2. The smallest absolute Gasteiger partial charge is 0.0385 e. The molecule has 2 rings (SSSR count). The van der Waals surface area contributed by atoms with Crippen molar-refractivity contribution >= 4 is 17.1 Å². The van der Waals surface area contributed by atoms with Crippen LogP contribution in [0.25, 0.3) is 0 Å². The Balaban J connectivity index is 1.85. The fourth-order valence-electron chi connectivity index (χ4n) is 3.50. The standard InChI is InChI=1S/C25H38N2/c1-3-5-7-10-14-22(15-11-8-6-4-2)26-24-18-20-25(21-19-24)27-23-16-12-9-13-17-23/h9,12-13,16-22,26-27H,3-8,10-11,14-15H2,1-2H3. The van der Waals surface area contributed by atoms with Crippen molar-refractivity contribution in [1.29, 1.82) is 0 Å². The minimum atomic E-state index is 0.603. The van der Waals surface area contributed by atoms with E-state index in [0.29, 0.717) is 6.04 Å². The van der Waals surface area contributed by atoms with Gasteiger partial charge in [0.05, 0.1) is 0 Å². The van der Waals surface area contributed by atoms with Gasteiger partial charge >= 0.3 is 0 Å². The van der Waals surface area contributed by atoms with Crippen molar-refractivity contribution in [3.8, 4) is 0 Å². The zero-order chi connectivity index (χ0) is 19.2. The van der Waals surface area contributed by atoms with Crippen LogP contribution >= 0.6 is 0 Å². The average molecular weight is 367 g/mol. The molecule has 0 fully saturated rings. The minimum absolute atomic E-state index is 0.603. The lowest BCUT2D eigenvalue weighted by atomic mass is 10.0. The van der Waals surface area contributed by atoms with Gasteiger partial charge < -0.3 is 10.6 Å². The Kier molecular flexibility index (Phi) is 10.5. The van der Waals surface area contributed by atoms with Gasteiger partial charge in [-0.15, -0.1) is 0 Å². The highest BCUT2D eigenvalue weighted by atomic mass is 14.9. The number of rotatable bonds is 14. The Hall–Kier alpha value is -1.96. The zero-order valence-electron chi connectivity index (χ0n) is 17.3. The van der Waals surface area contributed by atoms with Gasteiger partial charge in [-0.2, -0.15) is 0 Å². The second-order valence-corrected chi connectivity index (χ2v) is 7.61. The molecular formula is C25H38N2. The predicted molar refractivity (Wildman–Crippen MR) is 121 cm³/mol. The molecule has 0 saturated heterocycles. The van der Waals surface area contributed by atoms with E-state index < -0.39 is 0 Å². The topological polar surface area (TPSA) is 24.1 Å². The molecular weight excluding hydrogens is 328 g/mol. The highest BCUT2D eigenvalue weighted by Crippen LogP contribution is 2.21. The first-order chi connectivity index (χ1) is 13.3. The molecule has 0 atom stereocenters. The van der Waals surface area contributed by atoms with Gasteiger partial charge in [0.15, 0.2) is 0 Å². The molecule has 2 heteroatoms. The Labute approximate surface area is 166 Å². The normalized spacial score (nSPS) is 10.9. The van der Waals surface area contributed by atoms with Crippen molar-refractivity contribution in [2.45, 2.75) is 84.1 Å². The lowest BCUT2D eigenvalue weighted by Gasteiger charge is -2.20. The van der Waals surface area contributed by atoms with Crippen LogP contribution in [0, 0.1) is 0 Å². The predicted octanol–water partition coefficient (Wildman–Crippen LogP) is 8.15. The fourth-order valence-corrected chi connectivity index (χ4v) is 3.50. The van der Waals surface area contributed by atoms with Crippen LogP contribution in [0.5, 0.6) is 0 Å². The highest BCUT2D eigenvalue weighted by Gasteiger charge is 2.08. The Morgan fingerprint density at radius 3 is 1.67 bits per heavy atom. The maximum Gasteiger partial charge on any atom is 0.0385 e. The second-order valence-electron chi connectivity index (χ2n) is 7.61. The molecule has 2 aromatic carbocycles. The number of hydrogen-bond acceptors (Lipinski definition) is 2. The molecule has 0 unspecified atom stereocenters. The van der Waals surface area contributed by atoms with E-state index in [4.69, 9.17) is 0 Å². The van der Waals surface area contributed by atoms with E-state index in [9.17, 15) is 0 Å². The maximum atomic E-state index is 3.80. The zero-order valence-corrected chi connectivity index (χ0v) is 17.3. The number of nitrogens with one attached hydrogen (secondary N) is 2. The molecule has 2 N–H and O–H groups in total. The molecule has 2 aromatic rings. The SMILES string of the molecule is CCCCCCC(CCCCCC)Nc1ccc(Nc2ccccc2)cc1. The first kappa shape index (κ1) is 21.3. The van der Waals surface area contributed by atoms with E-state index in [1.165, 1.54) is 69.9 Å². The van der Waals surface area contributed by atoms with Gasteiger partial charge in [0.2, 0.25) is 0 Å². The summed E-state index contributed by atoms with van der Waals surface area (Å²) in [4.78, 5) is 0. The number of hydrogen-bond donors (Lipinski definition) is 2. The fraction of sp³-hybridized carbons (Fsp3) is 0.520. The third kappa shape index (κ3) is 8.99. The van der Waals surface area contributed by atoms with Crippen LogP contribution in [-0.2, 0) is 0 Å². The summed E-state index contributed by atoms with van der Waals surface area (Å²) in [6, 6.07) is 19.7. The molecule has 27 heavy (non-hydrogen) atoms. The third-order valence-electron chi connectivity index (χ3n) is 5.13. The Morgan fingerprint density at radius 2 is 1.11 bits per heavy atom.